The zero-order valence-electron chi connectivity index (χ0n) is 22.7. The van der Waals surface area contributed by atoms with Crippen LogP contribution in [-0.2, 0) is 22.6 Å². The first-order valence-corrected chi connectivity index (χ1v) is 13.4. The van der Waals surface area contributed by atoms with E-state index in [1.165, 1.54) is 19.4 Å². The summed E-state index contributed by atoms with van der Waals surface area (Å²) in [4.78, 5) is 44.2. The van der Waals surface area contributed by atoms with Crippen molar-refractivity contribution in [3.05, 3.63) is 77.6 Å². The van der Waals surface area contributed by atoms with Crippen molar-refractivity contribution in [2.75, 3.05) is 26.8 Å². The fourth-order valence-electron chi connectivity index (χ4n) is 4.89. The summed E-state index contributed by atoms with van der Waals surface area (Å²) in [5.41, 5.74) is 1.77. The molecule has 0 radical (unpaired) electrons. The minimum absolute atomic E-state index is 0.0494. The lowest BCUT2D eigenvalue weighted by atomic mass is 10.0. The summed E-state index contributed by atoms with van der Waals surface area (Å²) in [6, 6.07) is 15.1. The number of hydrogen-bond acceptors (Lipinski definition) is 8. The molecular formula is C30H32N4O7. The van der Waals surface area contributed by atoms with Crippen LogP contribution in [0.15, 0.2) is 60.8 Å². The third-order valence-corrected chi connectivity index (χ3v) is 7.10. The molecule has 214 valence electrons. The first kappa shape index (κ1) is 27.8. The number of carbonyl (C=O) groups is 3. The third-order valence-electron chi connectivity index (χ3n) is 7.10. The molecule has 0 aliphatic carbocycles. The number of nitrogens with zero attached hydrogens (tertiary/aromatic N) is 2. The lowest BCUT2D eigenvalue weighted by molar-refractivity contribution is -0.125. The molecule has 3 amide bonds. The summed E-state index contributed by atoms with van der Waals surface area (Å²) < 4.78 is 17.5. The van der Waals surface area contributed by atoms with Crippen LogP contribution in [0.25, 0.3) is 0 Å². The molecule has 0 unspecified atom stereocenters. The number of amides is 3. The first-order chi connectivity index (χ1) is 19.9. The van der Waals surface area contributed by atoms with Crippen molar-refractivity contribution in [2.45, 2.75) is 38.0 Å². The van der Waals surface area contributed by atoms with E-state index >= 15 is 0 Å². The van der Waals surface area contributed by atoms with Crippen molar-refractivity contribution in [1.82, 2.24) is 20.5 Å². The number of benzene rings is 2. The maximum Gasteiger partial charge on any atom is 0.276 e. The van der Waals surface area contributed by atoms with Crippen molar-refractivity contribution in [3.8, 4) is 23.0 Å². The van der Waals surface area contributed by atoms with Crippen molar-refractivity contribution in [1.29, 1.82) is 0 Å². The van der Waals surface area contributed by atoms with Crippen LogP contribution in [0.2, 0.25) is 0 Å². The SMILES string of the molecule is COc1cc2ccc1OCC(=O)N[C@@H]1CN(C(=O)c3ncccc3O)CC[C@H]1Oc1ccc(cc1)CNC(=O)CC2. The Morgan fingerprint density at radius 2 is 1.88 bits per heavy atom. The summed E-state index contributed by atoms with van der Waals surface area (Å²) in [7, 11) is 1.51. The van der Waals surface area contributed by atoms with E-state index in [2.05, 4.69) is 15.6 Å². The summed E-state index contributed by atoms with van der Waals surface area (Å²) in [5, 5.41) is 16.1. The standard InChI is InChI=1S/C30H32N4O7/c1-39-26-15-19-6-10-25(26)40-18-28(37)33-22-17-34(30(38)29-23(35)3-2-13-31-29)14-12-24(22)41-21-8-4-20(5-9-21)16-32-27(36)11-7-19/h2-6,8-10,13,15,22,24,35H,7,11-12,14,16-18H2,1H3,(H,32,36)(H,33,37)/t22-,24-/m1/s1. The lowest BCUT2D eigenvalue weighted by Gasteiger charge is -2.38. The number of aromatic nitrogens is 1. The predicted molar refractivity (Wildman–Crippen MR) is 148 cm³/mol. The highest BCUT2D eigenvalue weighted by atomic mass is 16.5. The van der Waals surface area contributed by atoms with E-state index in [-0.39, 0.29) is 30.5 Å². The van der Waals surface area contributed by atoms with Gasteiger partial charge in [-0.05, 0) is 53.9 Å². The molecule has 3 N–H and O–H groups in total. The van der Waals surface area contributed by atoms with Gasteiger partial charge < -0.3 is 34.9 Å². The van der Waals surface area contributed by atoms with Crippen LogP contribution >= 0.6 is 0 Å². The predicted octanol–water partition coefficient (Wildman–Crippen LogP) is 2.22. The first-order valence-electron chi connectivity index (χ1n) is 13.4. The van der Waals surface area contributed by atoms with E-state index in [1.54, 1.807) is 23.1 Å². The van der Waals surface area contributed by atoms with Gasteiger partial charge in [0.05, 0.1) is 13.2 Å². The number of nitrogens with one attached hydrogen (secondary N) is 2. The number of likely N-dealkylation sites (tertiary alicyclic amines) is 1. The van der Waals surface area contributed by atoms with Crippen LogP contribution in [0.1, 0.15) is 34.5 Å². The largest absolute Gasteiger partial charge is 0.505 e. The molecule has 4 bridgehead atoms. The van der Waals surface area contributed by atoms with Crippen LogP contribution in [0.4, 0.5) is 0 Å². The fourth-order valence-corrected chi connectivity index (χ4v) is 4.89. The topological polar surface area (TPSA) is 139 Å². The maximum atomic E-state index is 13.2. The second-order valence-electron chi connectivity index (χ2n) is 9.94. The maximum absolute atomic E-state index is 13.2. The molecule has 2 aromatic carbocycles. The smallest absolute Gasteiger partial charge is 0.276 e. The van der Waals surface area contributed by atoms with Gasteiger partial charge in [0.2, 0.25) is 5.91 Å². The van der Waals surface area contributed by atoms with Gasteiger partial charge in [0, 0.05) is 38.7 Å². The minimum Gasteiger partial charge on any atom is -0.505 e. The molecule has 3 aromatic rings. The van der Waals surface area contributed by atoms with E-state index in [9.17, 15) is 19.5 Å². The average Bonchev–Trinajstić information content (AvgIpc) is 2.99. The van der Waals surface area contributed by atoms with Crippen molar-refractivity contribution in [3.63, 3.8) is 0 Å². The van der Waals surface area contributed by atoms with Crippen LogP contribution < -0.4 is 24.8 Å². The number of piperidine rings is 1. The minimum atomic E-state index is -0.566. The lowest BCUT2D eigenvalue weighted by Crippen LogP contribution is -2.58. The van der Waals surface area contributed by atoms with E-state index < -0.39 is 24.0 Å². The van der Waals surface area contributed by atoms with Crippen molar-refractivity contribution < 1.29 is 33.7 Å². The Balaban J connectivity index is 1.38. The quantitative estimate of drug-likeness (QED) is 0.434. The van der Waals surface area contributed by atoms with Crippen LogP contribution in [0.3, 0.4) is 0 Å². The highest BCUT2D eigenvalue weighted by molar-refractivity contribution is 5.95. The Kier molecular flexibility index (Phi) is 8.52. The van der Waals surface area contributed by atoms with Gasteiger partial charge in [-0.25, -0.2) is 4.98 Å². The molecule has 1 aromatic heterocycles. The van der Waals surface area contributed by atoms with Gasteiger partial charge in [-0.1, -0.05) is 18.2 Å². The highest BCUT2D eigenvalue weighted by Crippen LogP contribution is 2.29. The number of pyridine rings is 1. The van der Waals surface area contributed by atoms with Gasteiger partial charge in [-0.2, -0.15) is 0 Å². The molecule has 8 rings (SSSR count). The Labute approximate surface area is 237 Å². The number of aromatic hydroxyl groups is 1. The average molecular weight is 561 g/mol. The molecule has 11 heteroatoms. The molecular weight excluding hydrogens is 528 g/mol. The highest BCUT2D eigenvalue weighted by Gasteiger charge is 2.35. The van der Waals surface area contributed by atoms with E-state index in [0.717, 1.165) is 11.1 Å². The third kappa shape index (κ3) is 6.86. The molecule has 1 saturated heterocycles. The number of aryl methyl sites for hydroxylation is 1. The molecule has 1 fully saturated rings. The zero-order valence-corrected chi connectivity index (χ0v) is 22.7. The fraction of sp³-hybridized carbons (Fsp3) is 0.333. The van der Waals surface area contributed by atoms with Crippen LogP contribution in [-0.4, -0.2) is 71.7 Å². The molecule has 0 saturated carbocycles. The van der Waals surface area contributed by atoms with Crippen molar-refractivity contribution in [2.24, 2.45) is 0 Å². The Bertz CT molecular complexity index is 1410. The molecule has 6 heterocycles. The molecule has 2 atom stereocenters. The van der Waals surface area contributed by atoms with Gasteiger partial charge in [0.1, 0.15) is 17.6 Å². The molecule has 5 aliphatic heterocycles. The van der Waals surface area contributed by atoms with Gasteiger partial charge in [0.15, 0.2) is 23.8 Å². The second kappa shape index (κ2) is 12.6. The van der Waals surface area contributed by atoms with Crippen LogP contribution in [0.5, 0.6) is 23.0 Å². The number of hydrogen-bond donors (Lipinski definition) is 3. The monoisotopic (exact) mass is 560 g/mol. The van der Waals surface area contributed by atoms with Gasteiger partial charge in [-0.15, -0.1) is 0 Å². The van der Waals surface area contributed by atoms with E-state index in [1.807, 2.05) is 30.3 Å². The van der Waals surface area contributed by atoms with E-state index in [4.69, 9.17) is 14.2 Å². The summed E-state index contributed by atoms with van der Waals surface area (Å²) in [6.45, 7) is 0.587. The number of rotatable bonds is 2. The Morgan fingerprint density at radius 3 is 2.66 bits per heavy atom. The number of ether oxygens (including phenoxy) is 3. The van der Waals surface area contributed by atoms with E-state index in [0.29, 0.717) is 49.6 Å². The second-order valence-corrected chi connectivity index (χ2v) is 9.94. The Morgan fingerprint density at radius 1 is 1.07 bits per heavy atom. The van der Waals surface area contributed by atoms with Gasteiger partial charge in [-0.3, -0.25) is 14.4 Å². The molecule has 0 spiro atoms. The molecule has 5 aliphatic rings. The van der Waals surface area contributed by atoms with Crippen LogP contribution in [0, 0.1) is 0 Å². The molecule has 41 heavy (non-hydrogen) atoms. The normalized spacial score (nSPS) is 19.7. The summed E-state index contributed by atoms with van der Waals surface area (Å²) >= 11 is 0. The summed E-state index contributed by atoms with van der Waals surface area (Å²) in [5.74, 6) is 0.334. The Hall–Kier alpha value is -4.80. The number of carbonyl (C=O) groups excluding carboxylic acids is 3. The van der Waals surface area contributed by atoms with Gasteiger partial charge >= 0.3 is 0 Å². The summed E-state index contributed by atoms with van der Waals surface area (Å²) in [6.07, 6.45) is 2.26. The molecule has 11 nitrogen and oxygen atoms in total. The van der Waals surface area contributed by atoms with Crippen molar-refractivity contribution >= 4 is 17.7 Å². The number of methoxy groups -OCH3 is 1. The zero-order chi connectivity index (χ0) is 28.8. The van der Waals surface area contributed by atoms with Gasteiger partial charge in [0.25, 0.3) is 11.8 Å².